The van der Waals surface area contributed by atoms with Crippen LogP contribution in [0.1, 0.15) is 34.3 Å². The zero-order valence-electron chi connectivity index (χ0n) is 18.6. The Kier molecular flexibility index (Phi) is 6.90. The van der Waals surface area contributed by atoms with Gasteiger partial charge in [-0.25, -0.2) is 12.8 Å². The van der Waals surface area contributed by atoms with Gasteiger partial charge in [-0.1, -0.05) is 17.7 Å². The minimum Gasteiger partial charge on any atom is -0.426 e. The van der Waals surface area contributed by atoms with E-state index in [1.807, 2.05) is 6.92 Å². The van der Waals surface area contributed by atoms with Gasteiger partial charge in [-0.15, -0.1) is 0 Å². The van der Waals surface area contributed by atoms with Crippen LogP contribution in [-0.4, -0.2) is 37.6 Å². The molecule has 176 valence electrons. The molecule has 1 heterocycles. The molecule has 3 aromatic carbocycles. The van der Waals surface area contributed by atoms with Crippen molar-refractivity contribution in [1.82, 2.24) is 4.31 Å². The molecule has 0 bridgehead atoms. The molecule has 0 radical (unpaired) electrons. The van der Waals surface area contributed by atoms with Crippen molar-refractivity contribution in [3.8, 4) is 5.75 Å². The summed E-state index contributed by atoms with van der Waals surface area (Å²) in [6, 6.07) is 18.1. The van der Waals surface area contributed by atoms with Crippen LogP contribution >= 0.6 is 0 Å². The molecule has 0 spiro atoms. The molecule has 1 saturated heterocycles. The van der Waals surface area contributed by atoms with Gasteiger partial charge in [0.1, 0.15) is 11.6 Å². The Balaban J connectivity index is 1.33. The lowest BCUT2D eigenvalue weighted by Gasteiger charge is -2.30. The van der Waals surface area contributed by atoms with Crippen LogP contribution in [0.5, 0.6) is 5.75 Å². The van der Waals surface area contributed by atoms with Gasteiger partial charge in [0.15, 0.2) is 5.78 Å². The molecule has 0 aromatic heterocycles. The number of aryl methyl sites for hydroxylation is 1. The molecule has 0 atom stereocenters. The van der Waals surface area contributed by atoms with E-state index < -0.39 is 27.7 Å². The topological polar surface area (TPSA) is 80.8 Å². The van der Waals surface area contributed by atoms with Gasteiger partial charge in [0, 0.05) is 24.2 Å². The Labute approximate surface area is 198 Å². The van der Waals surface area contributed by atoms with E-state index >= 15 is 0 Å². The molecule has 0 saturated carbocycles. The minimum atomic E-state index is -3.60. The van der Waals surface area contributed by atoms with E-state index in [4.69, 9.17) is 4.74 Å². The van der Waals surface area contributed by atoms with Crippen LogP contribution < -0.4 is 4.74 Å². The number of carbonyl (C=O) groups excluding carboxylic acids is 2. The number of benzene rings is 3. The Morgan fingerprint density at radius 1 is 0.853 bits per heavy atom. The zero-order valence-corrected chi connectivity index (χ0v) is 19.4. The summed E-state index contributed by atoms with van der Waals surface area (Å²) < 4.78 is 45.6. The Bertz CT molecular complexity index is 1280. The first-order valence-corrected chi connectivity index (χ1v) is 12.4. The predicted molar refractivity (Wildman–Crippen MR) is 125 cm³/mol. The maximum Gasteiger partial charge on any atom is 0.314 e. The molecule has 0 unspecified atom stereocenters. The van der Waals surface area contributed by atoms with Crippen LogP contribution in [0.4, 0.5) is 4.39 Å². The number of esters is 1. The van der Waals surface area contributed by atoms with E-state index in [0.717, 1.165) is 5.56 Å². The Morgan fingerprint density at radius 2 is 1.38 bits per heavy atom. The first kappa shape index (κ1) is 23.8. The summed E-state index contributed by atoms with van der Waals surface area (Å²) in [5.41, 5.74) is 1.73. The number of ketones is 1. The molecule has 4 rings (SSSR count). The van der Waals surface area contributed by atoms with Crippen LogP contribution in [0.2, 0.25) is 0 Å². The van der Waals surface area contributed by atoms with Crippen molar-refractivity contribution in [2.24, 2.45) is 5.92 Å². The first-order chi connectivity index (χ1) is 16.2. The van der Waals surface area contributed by atoms with Gasteiger partial charge >= 0.3 is 5.97 Å². The van der Waals surface area contributed by atoms with E-state index in [0.29, 0.717) is 29.7 Å². The van der Waals surface area contributed by atoms with Crippen molar-refractivity contribution < 1.29 is 27.1 Å². The predicted octanol–water partition coefficient (Wildman–Crippen LogP) is 4.37. The van der Waals surface area contributed by atoms with Gasteiger partial charge in [-0.3, -0.25) is 9.59 Å². The van der Waals surface area contributed by atoms with Crippen molar-refractivity contribution in [2.75, 3.05) is 13.1 Å². The molecule has 1 fully saturated rings. The standard InChI is InChI=1S/C26H24FNO5S/c1-18-2-12-24(13-3-18)34(31,32)28-16-14-21(15-17-28)26(30)33-23-10-6-20(7-11-23)25(29)19-4-8-22(27)9-5-19/h2-13,21H,14-17H2,1H3. The minimum absolute atomic E-state index is 0.237. The number of sulfonamides is 1. The second-order valence-electron chi connectivity index (χ2n) is 8.27. The number of rotatable bonds is 6. The summed E-state index contributed by atoms with van der Waals surface area (Å²) in [6.07, 6.45) is 0.732. The van der Waals surface area contributed by atoms with E-state index in [2.05, 4.69) is 0 Å². The molecule has 0 aliphatic carbocycles. The maximum atomic E-state index is 13.1. The summed E-state index contributed by atoms with van der Waals surface area (Å²) in [5, 5.41) is 0. The lowest BCUT2D eigenvalue weighted by Crippen LogP contribution is -2.41. The number of halogens is 1. The molecular formula is C26H24FNO5S. The molecule has 8 heteroatoms. The molecule has 1 aliphatic rings. The van der Waals surface area contributed by atoms with Gasteiger partial charge in [-0.05, 0) is 80.4 Å². The molecule has 0 N–H and O–H groups in total. The second-order valence-corrected chi connectivity index (χ2v) is 10.2. The SMILES string of the molecule is Cc1ccc(S(=O)(=O)N2CCC(C(=O)Oc3ccc(C(=O)c4ccc(F)cc4)cc3)CC2)cc1. The van der Waals surface area contributed by atoms with Gasteiger partial charge in [0.05, 0.1) is 10.8 Å². The van der Waals surface area contributed by atoms with Crippen LogP contribution in [0.25, 0.3) is 0 Å². The summed E-state index contributed by atoms with van der Waals surface area (Å²) in [5.74, 6) is -1.22. The highest BCUT2D eigenvalue weighted by Gasteiger charge is 2.33. The van der Waals surface area contributed by atoms with Gasteiger partial charge in [0.2, 0.25) is 10.0 Å². The van der Waals surface area contributed by atoms with E-state index in [1.54, 1.807) is 36.4 Å². The normalized spacial score (nSPS) is 15.1. The molecule has 1 aliphatic heterocycles. The monoisotopic (exact) mass is 481 g/mol. The van der Waals surface area contributed by atoms with E-state index in [-0.39, 0.29) is 23.8 Å². The maximum absolute atomic E-state index is 13.1. The third-order valence-electron chi connectivity index (χ3n) is 5.89. The molecule has 0 amide bonds. The third kappa shape index (κ3) is 5.24. The van der Waals surface area contributed by atoms with E-state index in [1.165, 1.54) is 40.7 Å². The van der Waals surface area contributed by atoms with Crippen molar-refractivity contribution in [3.05, 3.63) is 95.3 Å². The van der Waals surface area contributed by atoms with Gasteiger partial charge < -0.3 is 4.74 Å². The number of piperidine rings is 1. The average molecular weight is 482 g/mol. The van der Waals surface area contributed by atoms with Crippen LogP contribution in [-0.2, 0) is 14.8 Å². The lowest BCUT2D eigenvalue weighted by molar-refractivity contribution is -0.140. The zero-order chi connectivity index (χ0) is 24.3. The largest absolute Gasteiger partial charge is 0.426 e. The van der Waals surface area contributed by atoms with Gasteiger partial charge in [0.25, 0.3) is 0 Å². The summed E-state index contributed by atoms with van der Waals surface area (Å²) in [4.78, 5) is 25.3. The number of carbonyl (C=O) groups is 2. The molecular weight excluding hydrogens is 457 g/mol. The fourth-order valence-corrected chi connectivity index (χ4v) is 5.30. The Morgan fingerprint density at radius 3 is 1.94 bits per heavy atom. The molecule has 34 heavy (non-hydrogen) atoms. The quantitative estimate of drug-likeness (QED) is 0.297. The fourth-order valence-electron chi connectivity index (χ4n) is 3.83. The highest BCUT2D eigenvalue weighted by molar-refractivity contribution is 7.89. The van der Waals surface area contributed by atoms with Crippen molar-refractivity contribution in [2.45, 2.75) is 24.7 Å². The highest BCUT2D eigenvalue weighted by atomic mass is 32.2. The van der Waals surface area contributed by atoms with Crippen LogP contribution in [0, 0.1) is 18.7 Å². The molecule has 3 aromatic rings. The first-order valence-electron chi connectivity index (χ1n) is 10.9. The number of ether oxygens (including phenoxy) is 1. The van der Waals surface area contributed by atoms with Gasteiger partial charge in [-0.2, -0.15) is 4.31 Å². The molecule has 6 nitrogen and oxygen atoms in total. The highest BCUT2D eigenvalue weighted by Crippen LogP contribution is 2.26. The summed E-state index contributed by atoms with van der Waals surface area (Å²) in [7, 11) is -3.60. The number of nitrogens with zero attached hydrogens (tertiary/aromatic N) is 1. The third-order valence-corrected chi connectivity index (χ3v) is 7.80. The fraction of sp³-hybridized carbons (Fsp3) is 0.231. The smallest absolute Gasteiger partial charge is 0.314 e. The van der Waals surface area contributed by atoms with Crippen molar-refractivity contribution in [3.63, 3.8) is 0 Å². The Hall–Kier alpha value is -3.36. The summed E-state index contributed by atoms with van der Waals surface area (Å²) in [6.45, 7) is 2.37. The van der Waals surface area contributed by atoms with E-state index in [9.17, 15) is 22.4 Å². The van der Waals surface area contributed by atoms with Crippen molar-refractivity contribution >= 4 is 21.8 Å². The van der Waals surface area contributed by atoms with Crippen LogP contribution in [0.15, 0.2) is 77.7 Å². The number of hydrogen-bond donors (Lipinski definition) is 0. The van der Waals surface area contributed by atoms with Crippen molar-refractivity contribution in [1.29, 1.82) is 0 Å². The summed E-state index contributed by atoms with van der Waals surface area (Å²) >= 11 is 0. The number of hydrogen-bond acceptors (Lipinski definition) is 5. The van der Waals surface area contributed by atoms with Crippen LogP contribution in [0.3, 0.4) is 0 Å². The lowest BCUT2D eigenvalue weighted by atomic mass is 9.98. The second kappa shape index (κ2) is 9.87. The average Bonchev–Trinajstić information content (AvgIpc) is 2.85.